The molecule has 0 radical (unpaired) electrons. The van der Waals surface area contributed by atoms with Crippen molar-refractivity contribution in [3.63, 3.8) is 0 Å². The molecule has 2 aliphatic heterocycles. The molecular weight excluding hydrogens is 406 g/mol. The first kappa shape index (κ1) is 18.7. The molecule has 0 N–H and O–H groups in total. The maximum atomic E-state index is 13.6. The van der Waals surface area contributed by atoms with Gasteiger partial charge in [-0.05, 0) is 42.3 Å². The van der Waals surface area contributed by atoms with Gasteiger partial charge in [0.05, 0.1) is 17.0 Å². The number of aryl methyl sites for hydroxylation is 1. The number of rotatable bonds is 3. The quantitative estimate of drug-likeness (QED) is 0.481. The Morgan fingerprint density at radius 3 is 2.59 bits per heavy atom. The van der Waals surface area contributed by atoms with Gasteiger partial charge in [-0.3, -0.25) is 9.59 Å². The van der Waals surface area contributed by atoms with Gasteiger partial charge in [-0.15, -0.1) is 0 Å². The molecule has 158 valence electrons. The lowest BCUT2D eigenvalue weighted by Gasteiger charge is -2.25. The SMILES string of the molecule is Cc1ccc2oc3c(c(=O)c2c1)[C@H](c1ccccc1)N(Cc1ccc2c(c1)OCO2)C3=O. The molecule has 0 fully saturated rings. The molecule has 0 unspecified atom stereocenters. The van der Waals surface area contributed by atoms with E-state index in [0.29, 0.717) is 34.6 Å². The Kier molecular flexibility index (Phi) is 4.08. The fraction of sp³-hybridized carbons (Fsp3) is 0.154. The molecular formula is C26H19NO5. The lowest BCUT2D eigenvalue weighted by atomic mass is 9.98. The van der Waals surface area contributed by atoms with Gasteiger partial charge in [0.1, 0.15) is 5.58 Å². The minimum Gasteiger partial charge on any atom is -0.454 e. The van der Waals surface area contributed by atoms with E-state index in [2.05, 4.69) is 0 Å². The van der Waals surface area contributed by atoms with Crippen molar-refractivity contribution >= 4 is 16.9 Å². The molecule has 1 aromatic heterocycles. The molecule has 2 aliphatic rings. The molecule has 6 heteroatoms. The van der Waals surface area contributed by atoms with Gasteiger partial charge >= 0.3 is 0 Å². The molecule has 0 bridgehead atoms. The predicted octanol–water partition coefficient (Wildman–Crippen LogP) is 4.58. The van der Waals surface area contributed by atoms with Crippen LogP contribution in [-0.2, 0) is 6.54 Å². The second-order valence-electron chi connectivity index (χ2n) is 8.11. The van der Waals surface area contributed by atoms with Crippen molar-refractivity contribution in [2.75, 3.05) is 6.79 Å². The van der Waals surface area contributed by atoms with Crippen LogP contribution in [0.25, 0.3) is 11.0 Å². The highest BCUT2D eigenvalue weighted by Gasteiger charge is 2.42. The van der Waals surface area contributed by atoms with Crippen LogP contribution in [0.3, 0.4) is 0 Å². The highest BCUT2D eigenvalue weighted by atomic mass is 16.7. The fourth-order valence-electron chi connectivity index (χ4n) is 4.52. The van der Waals surface area contributed by atoms with Crippen molar-refractivity contribution in [3.8, 4) is 11.5 Å². The van der Waals surface area contributed by atoms with Crippen LogP contribution in [0, 0.1) is 6.92 Å². The van der Waals surface area contributed by atoms with Crippen molar-refractivity contribution in [2.24, 2.45) is 0 Å². The first-order valence-electron chi connectivity index (χ1n) is 10.4. The normalized spacial score (nSPS) is 16.6. The Bertz CT molecular complexity index is 1440. The molecule has 4 aromatic rings. The summed E-state index contributed by atoms with van der Waals surface area (Å²) in [6.07, 6.45) is 0. The Hall–Kier alpha value is -4.06. The zero-order chi connectivity index (χ0) is 21.8. The number of hydrogen-bond acceptors (Lipinski definition) is 5. The van der Waals surface area contributed by atoms with Crippen LogP contribution >= 0.6 is 0 Å². The number of fused-ring (bicyclic) bond motifs is 3. The van der Waals surface area contributed by atoms with Crippen molar-refractivity contribution in [3.05, 3.63) is 105 Å². The fourth-order valence-corrected chi connectivity index (χ4v) is 4.52. The van der Waals surface area contributed by atoms with Crippen molar-refractivity contribution in [1.29, 1.82) is 0 Å². The number of hydrogen-bond donors (Lipinski definition) is 0. The Morgan fingerprint density at radius 2 is 1.75 bits per heavy atom. The number of amides is 1. The summed E-state index contributed by atoms with van der Waals surface area (Å²) >= 11 is 0. The summed E-state index contributed by atoms with van der Waals surface area (Å²) in [5.41, 5.74) is 3.34. The molecule has 6 rings (SSSR count). The lowest BCUT2D eigenvalue weighted by molar-refractivity contribution is 0.0714. The van der Waals surface area contributed by atoms with Crippen molar-refractivity contribution in [1.82, 2.24) is 4.90 Å². The second kappa shape index (κ2) is 6.99. The number of nitrogens with zero attached hydrogens (tertiary/aromatic N) is 1. The summed E-state index contributed by atoms with van der Waals surface area (Å²) in [5, 5.41) is 0.488. The molecule has 3 heterocycles. The molecule has 3 aromatic carbocycles. The number of benzene rings is 3. The van der Waals surface area contributed by atoms with Crippen LogP contribution in [0.4, 0.5) is 0 Å². The highest BCUT2D eigenvalue weighted by molar-refractivity contribution is 5.99. The Balaban J connectivity index is 1.52. The zero-order valence-electron chi connectivity index (χ0n) is 17.3. The van der Waals surface area contributed by atoms with E-state index in [1.807, 2.05) is 67.6 Å². The smallest absolute Gasteiger partial charge is 0.291 e. The van der Waals surface area contributed by atoms with E-state index in [1.165, 1.54) is 0 Å². The van der Waals surface area contributed by atoms with Gasteiger partial charge in [0, 0.05) is 6.54 Å². The second-order valence-corrected chi connectivity index (χ2v) is 8.11. The summed E-state index contributed by atoms with van der Waals surface area (Å²) in [5.74, 6) is 1.15. The Morgan fingerprint density at radius 1 is 0.938 bits per heavy atom. The van der Waals surface area contributed by atoms with Gasteiger partial charge < -0.3 is 18.8 Å². The number of carbonyl (C=O) groups excluding carboxylic acids is 1. The lowest BCUT2D eigenvalue weighted by Crippen LogP contribution is -2.29. The number of carbonyl (C=O) groups is 1. The average molecular weight is 425 g/mol. The van der Waals surface area contributed by atoms with Crippen LogP contribution in [0.5, 0.6) is 11.5 Å². The molecule has 1 amide bonds. The van der Waals surface area contributed by atoms with E-state index in [9.17, 15) is 9.59 Å². The standard InChI is InChI=1S/C26H19NO5/c1-15-7-9-19-18(11-15)24(28)22-23(17-5-3-2-4-6-17)27(26(29)25(22)32-19)13-16-8-10-20-21(12-16)31-14-30-20/h2-12,23H,13-14H2,1H3/t23-/m0/s1. The van der Waals surface area contributed by atoms with Gasteiger partial charge in [0.15, 0.2) is 16.9 Å². The van der Waals surface area contributed by atoms with Crippen LogP contribution in [-0.4, -0.2) is 17.6 Å². The van der Waals surface area contributed by atoms with Crippen molar-refractivity contribution < 1.29 is 18.7 Å². The molecule has 0 spiro atoms. The third-order valence-corrected chi connectivity index (χ3v) is 6.03. The van der Waals surface area contributed by atoms with Crippen molar-refractivity contribution in [2.45, 2.75) is 19.5 Å². The monoisotopic (exact) mass is 425 g/mol. The van der Waals surface area contributed by atoms with Gasteiger partial charge in [-0.1, -0.05) is 48.0 Å². The molecule has 1 atom stereocenters. The summed E-state index contributed by atoms with van der Waals surface area (Å²) in [7, 11) is 0. The van der Waals surface area contributed by atoms with E-state index in [0.717, 1.165) is 16.7 Å². The zero-order valence-corrected chi connectivity index (χ0v) is 17.3. The van der Waals surface area contributed by atoms with E-state index in [4.69, 9.17) is 13.9 Å². The van der Waals surface area contributed by atoms with E-state index < -0.39 is 6.04 Å². The maximum Gasteiger partial charge on any atom is 0.291 e. The minimum absolute atomic E-state index is 0.112. The van der Waals surface area contributed by atoms with Gasteiger partial charge in [0.2, 0.25) is 12.6 Å². The summed E-state index contributed by atoms with van der Waals surface area (Å²) in [6.45, 7) is 2.41. The molecule has 32 heavy (non-hydrogen) atoms. The third-order valence-electron chi connectivity index (χ3n) is 6.03. The van der Waals surface area contributed by atoms with Gasteiger partial charge in [-0.25, -0.2) is 0 Å². The summed E-state index contributed by atoms with van der Waals surface area (Å²) in [6, 6.07) is 20.1. The van der Waals surface area contributed by atoms with Gasteiger partial charge in [0.25, 0.3) is 5.91 Å². The first-order chi connectivity index (χ1) is 15.6. The van der Waals surface area contributed by atoms with Crippen LogP contribution in [0.15, 0.2) is 75.9 Å². The first-order valence-corrected chi connectivity index (χ1v) is 10.4. The highest BCUT2D eigenvalue weighted by Crippen LogP contribution is 2.40. The number of ether oxygens (including phenoxy) is 2. The summed E-state index contributed by atoms with van der Waals surface area (Å²) < 4.78 is 16.9. The van der Waals surface area contributed by atoms with E-state index >= 15 is 0 Å². The Labute approximate surface area is 183 Å². The molecule has 0 saturated carbocycles. The van der Waals surface area contributed by atoms with Crippen LogP contribution in [0.1, 0.15) is 38.9 Å². The molecule has 0 saturated heterocycles. The van der Waals surface area contributed by atoms with E-state index in [-0.39, 0.29) is 23.9 Å². The summed E-state index contributed by atoms with van der Waals surface area (Å²) in [4.78, 5) is 28.8. The minimum atomic E-state index is -0.537. The maximum absolute atomic E-state index is 13.6. The predicted molar refractivity (Wildman–Crippen MR) is 118 cm³/mol. The van der Waals surface area contributed by atoms with Crippen LogP contribution in [0.2, 0.25) is 0 Å². The topological polar surface area (TPSA) is 69.0 Å². The third kappa shape index (κ3) is 2.80. The molecule has 6 nitrogen and oxygen atoms in total. The molecule has 0 aliphatic carbocycles. The largest absolute Gasteiger partial charge is 0.454 e. The van der Waals surface area contributed by atoms with Gasteiger partial charge in [-0.2, -0.15) is 0 Å². The van der Waals surface area contributed by atoms with Crippen LogP contribution < -0.4 is 14.9 Å². The van der Waals surface area contributed by atoms with E-state index in [1.54, 1.807) is 11.0 Å². The average Bonchev–Trinajstić information content (AvgIpc) is 3.38.